The fraction of sp³-hybridized carbons (Fsp3) is 0.474. The average Bonchev–Trinajstić information content (AvgIpc) is 3.20. The van der Waals surface area contributed by atoms with E-state index in [1.165, 1.54) is 23.3 Å². The monoisotopic (exact) mass is 357 g/mol. The van der Waals surface area contributed by atoms with Gasteiger partial charge in [-0.1, -0.05) is 0 Å². The molecule has 3 heterocycles. The molecule has 0 atom stereocenters. The SMILES string of the molecule is CC(C)n1c(N(C)Cc2ccco2)nc2sc3c(c2c1=O)CCCC3. The van der Waals surface area contributed by atoms with Gasteiger partial charge in [-0.3, -0.25) is 9.36 Å². The molecule has 0 aliphatic heterocycles. The molecule has 0 spiro atoms. The van der Waals surface area contributed by atoms with Crippen molar-refractivity contribution in [2.75, 3.05) is 11.9 Å². The molecule has 0 radical (unpaired) electrons. The predicted molar refractivity (Wildman–Crippen MR) is 102 cm³/mol. The second kappa shape index (κ2) is 6.33. The standard InChI is InChI=1S/C19H23N3O2S/c1-12(2)22-18(23)16-14-8-4-5-9-15(14)25-17(16)20-19(22)21(3)11-13-7-6-10-24-13/h6-7,10,12H,4-5,8-9,11H2,1-3H3. The molecule has 0 amide bonds. The van der Waals surface area contributed by atoms with Crippen LogP contribution in [0.1, 0.15) is 48.9 Å². The van der Waals surface area contributed by atoms with Gasteiger partial charge in [0.15, 0.2) is 0 Å². The first-order chi connectivity index (χ1) is 12.1. The van der Waals surface area contributed by atoms with Crippen LogP contribution < -0.4 is 10.5 Å². The second-order valence-electron chi connectivity index (χ2n) is 7.01. The molecule has 0 fully saturated rings. The Kier molecular flexibility index (Phi) is 4.15. The molecule has 132 valence electrons. The molecule has 6 heteroatoms. The third-order valence-corrected chi connectivity index (χ3v) is 6.02. The number of hydrogen-bond acceptors (Lipinski definition) is 5. The van der Waals surface area contributed by atoms with E-state index in [1.54, 1.807) is 17.6 Å². The van der Waals surface area contributed by atoms with Crippen LogP contribution in [0.3, 0.4) is 0 Å². The quantitative estimate of drug-likeness (QED) is 0.704. The van der Waals surface area contributed by atoms with Crippen molar-refractivity contribution in [1.29, 1.82) is 0 Å². The molecular formula is C19H23N3O2S. The lowest BCUT2D eigenvalue weighted by Gasteiger charge is -2.23. The molecule has 0 saturated carbocycles. The van der Waals surface area contributed by atoms with Crippen LogP contribution in [0.15, 0.2) is 27.6 Å². The summed E-state index contributed by atoms with van der Waals surface area (Å²) in [5.41, 5.74) is 1.35. The van der Waals surface area contributed by atoms with Crippen molar-refractivity contribution in [1.82, 2.24) is 9.55 Å². The van der Waals surface area contributed by atoms with Crippen LogP contribution in [0.25, 0.3) is 10.2 Å². The van der Waals surface area contributed by atoms with Crippen LogP contribution in [0.4, 0.5) is 5.95 Å². The van der Waals surface area contributed by atoms with Gasteiger partial charge in [0, 0.05) is 18.0 Å². The van der Waals surface area contributed by atoms with E-state index in [-0.39, 0.29) is 11.6 Å². The maximum atomic E-state index is 13.3. The molecule has 1 aliphatic carbocycles. The summed E-state index contributed by atoms with van der Waals surface area (Å²) < 4.78 is 7.28. The zero-order chi connectivity index (χ0) is 17.6. The maximum absolute atomic E-state index is 13.3. The molecule has 3 aromatic heterocycles. The fourth-order valence-electron chi connectivity index (χ4n) is 3.65. The van der Waals surface area contributed by atoms with Crippen molar-refractivity contribution in [3.8, 4) is 0 Å². The van der Waals surface area contributed by atoms with E-state index < -0.39 is 0 Å². The van der Waals surface area contributed by atoms with Crippen LogP contribution >= 0.6 is 11.3 Å². The minimum Gasteiger partial charge on any atom is -0.467 e. The summed E-state index contributed by atoms with van der Waals surface area (Å²) in [6.07, 6.45) is 6.13. The highest BCUT2D eigenvalue weighted by molar-refractivity contribution is 7.18. The zero-order valence-corrected chi connectivity index (χ0v) is 15.7. The average molecular weight is 357 g/mol. The maximum Gasteiger partial charge on any atom is 0.264 e. The Labute approximate surface area is 150 Å². The summed E-state index contributed by atoms with van der Waals surface area (Å²) >= 11 is 1.70. The first-order valence-electron chi connectivity index (χ1n) is 8.86. The van der Waals surface area contributed by atoms with Gasteiger partial charge < -0.3 is 9.32 Å². The summed E-state index contributed by atoms with van der Waals surface area (Å²) in [6, 6.07) is 3.87. The van der Waals surface area contributed by atoms with Gasteiger partial charge in [-0.05, 0) is 57.2 Å². The van der Waals surface area contributed by atoms with Gasteiger partial charge in [0.05, 0.1) is 18.2 Å². The zero-order valence-electron chi connectivity index (χ0n) is 14.9. The second-order valence-corrected chi connectivity index (χ2v) is 8.09. The Morgan fingerprint density at radius 2 is 2.16 bits per heavy atom. The normalized spacial score (nSPS) is 14.2. The third-order valence-electron chi connectivity index (χ3n) is 4.83. The van der Waals surface area contributed by atoms with Crippen molar-refractivity contribution < 1.29 is 4.42 Å². The van der Waals surface area contributed by atoms with Crippen LogP contribution in [0.2, 0.25) is 0 Å². The van der Waals surface area contributed by atoms with E-state index in [1.807, 2.05) is 42.5 Å². The first kappa shape index (κ1) is 16.4. The number of aromatic nitrogens is 2. The number of thiophene rings is 1. The Hall–Kier alpha value is -2.08. The summed E-state index contributed by atoms with van der Waals surface area (Å²) in [5, 5.41) is 0.851. The van der Waals surface area contributed by atoms with Gasteiger partial charge in [-0.15, -0.1) is 11.3 Å². The number of hydrogen-bond donors (Lipinski definition) is 0. The van der Waals surface area contributed by atoms with E-state index in [0.717, 1.165) is 28.8 Å². The Bertz CT molecular complexity index is 953. The Balaban J connectivity index is 1.88. The van der Waals surface area contributed by atoms with E-state index in [4.69, 9.17) is 9.40 Å². The highest BCUT2D eigenvalue weighted by Crippen LogP contribution is 2.35. The molecule has 3 aromatic rings. The van der Waals surface area contributed by atoms with Crippen molar-refractivity contribution in [2.24, 2.45) is 0 Å². The number of rotatable bonds is 4. The number of nitrogens with zero attached hydrogens (tertiary/aromatic N) is 3. The van der Waals surface area contributed by atoms with E-state index in [9.17, 15) is 4.79 Å². The summed E-state index contributed by atoms with van der Waals surface area (Å²) in [5.74, 6) is 1.57. The predicted octanol–water partition coefficient (Wildman–Crippen LogP) is 4.15. The molecule has 1 aliphatic rings. The number of anilines is 1. The minimum absolute atomic E-state index is 0.0533. The van der Waals surface area contributed by atoms with Gasteiger partial charge in [0.1, 0.15) is 10.6 Å². The van der Waals surface area contributed by atoms with Gasteiger partial charge >= 0.3 is 0 Å². The van der Waals surface area contributed by atoms with Crippen molar-refractivity contribution in [3.05, 3.63) is 45.0 Å². The highest BCUT2D eigenvalue weighted by Gasteiger charge is 2.24. The van der Waals surface area contributed by atoms with Gasteiger partial charge in [0.2, 0.25) is 5.95 Å². The Morgan fingerprint density at radius 3 is 2.88 bits per heavy atom. The van der Waals surface area contributed by atoms with Crippen molar-refractivity contribution >= 4 is 27.5 Å². The molecular weight excluding hydrogens is 334 g/mol. The third kappa shape index (κ3) is 2.78. The minimum atomic E-state index is 0.0533. The fourth-order valence-corrected chi connectivity index (χ4v) is 4.90. The van der Waals surface area contributed by atoms with Crippen molar-refractivity contribution in [3.63, 3.8) is 0 Å². The van der Waals surface area contributed by atoms with Crippen LogP contribution in [0, 0.1) is 0 Å². The van der Waals surface area contributed by atoms with Crippen molar-refractivity contribution in [2.45, 2.75) is 52.1 Å². The number of furan rings is 1. The summed E-state index contributed by atoms with van der Waals surface area (Å²) in [4.78, 5) is 22.5. The van der Waals surface area contributed by atoms with E-state index in [0.29, 0.717) is 12.5 Å². The Morgan fingerprint density at radius 1 is 1.36 bits per heavy atom. The molecule has 0 bridgehead atoms. The van der Waals surface area contributed by atoms with E-state index in [2.05, 4.69) is 0 Å². The largest absolute Gasteiger partial charge is 0.467 e. The molecule has 0 aromatic carbocycles. The van der Waals surface area contributed by atoms with Crippen LogP contribution in [-0.2, 0) is 19.4 Å². The highest BCUT2D eigenvalue weighted by atomic mass is 32.1. The first-order valence-corrected chi connectivity index (χ1v) is 9.68. The summed E-state index contributed by atoms with van der Waals surface area (Å²) in [6.45, 7) is 4.67. The smallest absolute Gasteiger partial charge is 0.264 e. The molecule has 0 unspecified atom stereocenters. The molecule has 25 heavy (non-hydrogen) atoms. The van der Waals surface area contributed by atoms with Gasteiger partial charge in [0.25, 0.3) is 5.56 Å². The number of fused-ring (bicyclic) bond motifs is 3. The lowest BCUT2D eigenvalue weighted by Crippen LogP contribution is -2.31. The number of aryl methyl sites for hydroxylation is 2. The lowest BCUT2D eigenvalue weighted by atomic mass is 9.97. The molecule has 4 rings (SSSR count). The summed E-state index contributed by atoms with van der Waals surface area (Å²) in [7, 11) is 1.96. The van der Waals surface area contributed by atoms with Gasteiger partial charge in [-0.2, -0.15) is 0 Å². The van der Waals surface area contributed by atoms with Crippen LogP contribution in [-0.4, -0.2) is 16.6 Å². The van der Waals surface area contributed by atoms with Crippen LogP contribution in [0.5, 0.6) is 0 Å². The van der Waals surface area contributed by atoms with E-state index >= 15 is 0 Å². The molecule has 0 N–H and O–H groups in total. The van der Waals surface area contributed by atoms with Gasteiger partial charge in [-0.25, -0.2) is 4.98 Å². The lowest BCUT2D eigenvalue weighted by molar-refractivity contribution is 0.499. The topological polar surface area (TPSA) is 51.3 Å². The molecule has 0 saturated heterocycles. The molecule has 5 nitrogen and oxygen atoms in total.